The van der Waals surface area contributed by atoms with Crippen molar-refractivity contribution >= 4 is 11.6 Å². The molecule has 5 heteroatoms. The van der Waals surface area contributed by atoms with E-state index in [1.165, 1.54) is 32.1 Å². The van der Waals surface area contributed by atoms with Crippen molar-refractivity contribution in [1.82, 2.24) is 9.97 Å². The van der Waals surface area contributed by atoms with Crippen LogP contribution in [0.3, 0.4) is 0 Å². The van der Waals surface area contributed by atoms with Crippen LogP contribution in [-0.2, 0) is 0 Å². The van der Waals surface area contributed by atoms with Gasteiger partial charge in [-0.05, 0) is 25.7 Å². The van der Waals surface area contributed by atoms with Crippen LogP contribution < -0.4 is 10.6 Å². The Balaban J connectivity index is 1.70. The molecule has 5 nitrogen and oxygen atoms in total. The molecule has 2 saturated carbocycles. The maximum atomic E-state index is 9.79. The van der Waals surface area contributed by atoms with Crippen LogP contribution in [0.2, 0.25) is 0 Å². The summed E-state index contributed by atoms with van der Waals surface area (Å²) in [7, 11) is 1.89. The minimum atomic E-state index is 0.0305. The maximum Gasteiger partial charge on any atom is 0.136 e. The highest BCUT2D eigenvalue weighted by molar-refractivity contribution is 5.48. The number of hydrogen-bond acceptors (Lipinski definition) is 5. The molecule has 1 heterocycles. The fraction of sp³-hybridized carbons (Fsp3) is 0.750. The largest absolute Gasteiger partial charge is 0.396 e. The number of rotatable bonds is 6. The van der Waals surface area contributed by atoms with Crippen molar-refractivity contribution in [2.45, 2.75) is 50.9 Å². The van der Waals surface area contributed by atoms with Crippen LogP contribution >= 0.6 is 0 Å². The first-order valence-electron chi connectivity index (χ1n) is 8.16. The van der Waals surface area contributed by atoms with E-state index < -0.39 is 0 Å². The minimum absolute atomic E-state index is 0.0305. The summed E-state index contributed by atoms with van der Waals surface area (Å²) in [4.78, 5) is 9.18. The lowest BCUT2D eigenvalue weighted by Gasteiger charge is -2.35. The molecule has 1 aromatic rings. The molecule has 0 saturated heterocycles. The van der Waals surface area contributed by atoms with Gasteiger partial charge in [0.05, 0.1) is 6.61 Å². The van der Waals surface area contributed by atoms with Crippen molar-refractivity contribution in [1.29, 1.82) is 0 Å². The van der Waals surface area contributed by atoms with Crippen LogP contribution in [0.4, 0.5) is 11.6 Å². The summed E-state index contributed by atoms with van der Waals surface area (Å²) in [6, 6.07) is 1.96. The summed E-state index contributed by atoms with van der Waals surface area (Å²) >= 11 is 0. The summed E-state index contributed by atoms with van der Waals surface area (Å²) in [6.07, 6.45) is 8.36. The van der Waals surface area contributed by atoms with E-state index in [0.29, 0.717) is 5.92 Å². The van der Waals surface area contributed by atoms with Gasteiger partial charge >= 0.3 is 0 Å². The highest BCUT2D eigenvalue weighted by atomic mass is 16.3. The number of nitrogens with one attached hydrogen (secondary N) is 2. The number of anilines is 2. The molecule has 2 aliphatic rings. The third-order valence-electron chi connectivity index (χ3n) is 4.84. The van der Waals surface area contributed by atoms with Gasteiger partial charge in [-0.15, -0.1) is 0 Å². The molecule has 3 N–H and O–H groups in total. The van der Waals surface area contributed by atoms with E-state index in [2.05, 4.69) is 20.6 Å². The van der Waals surface area contributed by atoms with Gasteiger partial charge in [-0.3, -0.25) is 0 Å². The zero-order chi connectivity index (χ0) is 14.7. The SMILES string of the molecule is CNc1cc(NCC2(CO)CCCCC2)nc(C2CC2)n1. The quantitative estimate of drug-likeness (QED) is 0.751. The molecule has 116 valence electrons. The Kier molecular flexibility index (Phi) is 4.29. The zero-order valence-corrected chi connectivity index (χ0v) is 12.9. The third kappa shape index (κ3) is 3.46. The maximum absolute atomic E-state index is 9.79. The fourth-order valence-corrected chi connectivity index (χ4v) is 3.18. The Morgan fingerprint density at radius 2 is 1.90 bits per heavy atom. The lowest BCUT2D eigenvalue weighted by Crippen LogP contribution is -2.35. The van der Waals surface area contributed by atoms with Gasteiger partial charge in [0.2, 0.25) is 0 Å². The van der Waals surface area contributed by atoms with Crippen molar-refractivity contribution in [2.75, 3.05) is 30.8 Å². The van der Waals surface area contributed by atoms with Crippen molar-refractivity contribution in [2.24, 2.45) is 5.41 Å². The minimum Gasteiger partial charge on any atom is -0.396 e. The summed E-state index contributed by atoms with van der Waals surface area (Å²) < 4.78 is 0. The smallest absolute Gasteiger partial charge is 0.136 e. The van der Waals surface area contributed by atoms with Crippen molar-refractivity contribution < 1.29 is 5.11 Å². The normalized spacial score (nSPS) is 21.0. The van der Waals surface area contributed by atoms with E-state index in [0.717, 1.165) is 36.8 Å². The molecule has 0 aliphatic heterocycles. The average molecular weight is 290 g/mol. The summed E-state index contributed by atoms with van der Waals surface area (Å²) in [5, 5.41) is 16.4. The Labute approximate surface area is 126 Å². The zero-order valence-electron chi connectivity index (χ0n) is 12.9. The van der Waals surface area contributed by atoms with Crippen LogP contribution in [0.5, 0.6) is 0 Å². The lowest BCUT2D eigenvalue weighted by atomic mass is 9.74. The van der Waals surface area contributed by atoms with Gasteiger partial charge in [0, 0.05) is 31.0 Å². The molecule has 0 radical (unpaired) electrons. The number of aliphatic hydroxyl groups is 1. The first-order chi connectivity index (χ1) is 10.2. The van der Waals surface area contributed by atoms with Crippen molar-refractivity contribution in [3.63, 3.8) is 0 Å². The molecule has 0 aromatic carbocycles. The van der Waals surface area contributed by atoms with Crippen LogP contribution in [-0.4, -0.2) is 35.3 Å². The molecular formula is C16H26N4O. The van der Waals surface area contributed by atoms with Crippen LogP contribution in [0.25, 0.3) is 0 Å². The Morgan fingerprint density at radius 3 is 2.52 bits per heavy atom. The lowest BCUT2D eigenvalue weighted by molar-refractivity contribution is 0.0943. The predicted molar refractivity (Wildman–Crippen MR) is 84.6 cm³/mol. The molecule has 0 atom stereocenters. The molecule has 0 unspecified atom stereocenters. The van der Waals surface area contributed by atoms with E-state index in [1.54, 1.807) is 0 Å². The topological polar surface area (TPSA) is 70.1 Å². The molecular weight excluding hydrogens is 264 g/mol. The summed E-state index contributed by atoms with van der Waals surface area (Å²) in [6.45, 7) is 1.06. The summed E-state index contributed by atoms with van der Waals surface area (Å²) in [5.41, 5.74) is 0.0305. The summed E-state index contributed by atoms with van der Waals surface area (Å²) in [5.74, 6) is 3.25. The number of nitrogens with zero attached hydrogens (tertiary/aromatic N) is 2. The Hall–Kier alpha value is -1.36. The molecule has 2 aliphatic carbocycles. The third-order valence-corrected chi connectivity index (χ3v) is 4.84. The van der Waals surface area contributed by atoms with Crippen molar-refractivity contribution in [3.05, 3.63) is 11.9 Å². The number of aliphatic hydroxyl groups excluding tert-OH is 1. The standard InChI is InChI=1S/C16H26N4O/c1-17-13-9-14(20-15(19-13)12-5-6-12)18-10-16(11-21)7-3-2-4-8-16/h9,12,21H,2-8,10-11H2,1H3,(H2,17,18,19,20). The first-order valence-corrected chi connectivity index (χ1v) is 8.16. The molecule has 3 rings (SSSR count). The van der Waals surface area contributed by atoms with Gasteiger partial charge in [-0.25, -0.2) is 9.97 Å². The predicted octanol–water partition coefficient (Wildman–Crippen LogP) is 2.75. The Morgan fingerprint density at radius 1 is 1.19 bits per heavy atom. The Bertz CT molecular complexity index is 481. The number of aromatic nitrogens is 2. The van der Waals surface area contributed by atoms with Gasteiger partial charge in [-0.1, -0.05) is 19.3 Å². The van der Waals surface area contributed by atoms with Gasteiger partial charge in [-0.2, -0.15) is 0 Å². The van der Waals surface area contributed by atoms with Crippen molar-refractivity contribution in [3.8, 4) is 0 Å². The van der Waals surface area contributed by atoms with E-state index in [9.17, 15) is 5.11 Å². The second-order valence-corrected chi connectivity index (χ2v) is 6.59. The van der Waals surface area contributed by atoms with Crippen LogP contribution in [0, 0.1) is 5.41 Å². The first kappa shape index (κ1) is 14.6. The monoisotopic (exact) mass is 290 g/mol. The van der Waals surface area contributed by atoms with Crippen LogP contribution in [0.15, 0.2) is 6.07 Å². The molecule has 1 aromatic heterocycles. The van der Waals surface area contributed by atoms with E-state index in [4.69, 9.17) is 0 Å². The van der Waals surface area contributed by atoms with Gasteiger partial charge in [0.25, 0.3) is 0 Å². The van der Waals surface area contributed by atoms with E-state index >= 15 is 0 Å². The highest BCUT2D eigenvalue weighted by Gasteiger charge is 2.32. The highest BCUT2D eigenvalue weighted by Crippen LogP contribution is 2.39. The molecule has 0 spiro atoms. The molecule has 0 amide bonds. The molecule has 21 heavy (non-hydrogen) atoms. The average Bonchev–Trinajstić information content (AvgIpc) is 3.38. The van der Waals surface area contributed by atoms with Gasteiger partial charge < -0.3 is 15.7 Å². The molecule has 2 fully saturated rings. The fourth-order valence-electron chi connectivity index (χ4n) is 3.18. The second-order valence-electron chi connectivity index (χ2n) is 6.59. The van der Waals surface area contributed by atoms with Gasteiger partial charge in [0.15, 0.2) is 0 Å². The van der Waals surface area contributed by atoms with Gasteiger partial charge in [0.1, 0.15) is 17.5 Å². The van der Waals surface area contributed by atoms with E-state index in [-0.39, 0.29) is 12.0 Å². The number of hydrogen-bond donors (Lipinski definition) is 3. The second kappa shape index (κ2) is 6.18. The van der Waals surface area contributed by atoms with Crippen LogP contribution in [0.1, 0.15) is 56.7 Å². The molecule has 0 bridgehead atoms. The van der Waals surface area contributed by atoms with E-state index in [1.807, 2.05) is 13.1 Å².